The van der Waals surface area contributed by atoms with Crippen LogP contribution in [0.25, 0.3) is 0 Å². The Bertz CT molecular complexity index is 699. The number of piperidine rings is 1. The Morgan fingerprint density at radius 1 is 1.12 bits per heavy atom. The molecule has 1 aliphatic heterocycles. The molecule has 3 amide bonds. The van der Waals surface area contributed by atoms with Gasteiger partial charge in [-0.1, -0.05) is 12.5 Å². The van der Waals surface area contributed by atoms with Crippen molar-refractivity contribution in [2.24, 2.45) is 5.92 Å². The molecular weight excluding hydrogens is 330 g/mol. The normalized spacial score (nSPS) is 23.1. The lowest BCUT2D eigenvalue weighted by Gasteiger charge is -2.39. The van der Waals surface area contributed by atoms with E-state index in [0.717, 1.165) is 32.1 Å². The van der Waals surface area contributed by atoms with Crippen molar-refractivity contribution in [1.82, 2.24) is 15.5 Å². The first-order valence-corrected chi connectivity index (χ1v) is 9.43. The molecule has 1 aromatic carbocycles. The number of nitrogens with zero attached hydrogens (tertiary/aromatic N) is 1. The maximum Gasteiger partial charge on any atom is 0.254 e. The van der Waals surface area contributed by atoms with E-state index in [4.69, 9.17) is 0 Å². The second-order valence-electron chi connectivity index (χ2n) is 7.37. The zero-order valence-electron chi connectivity index (χ0n) is 15.5. The van der Waals surface area contributed by atoms with E-state index in [9.17, 15) is 14.4 Å². The van der Waals surface area contributed by atoms with Crippen molar-refractivity contribution < 1.29 is 14.4 Å². The molecule has 6 nitrogen and oxygen atoms in total. The molecule has 140 valence electrons. The molecule has 2 N–H and O–H groups in total. The van der Waals surface area contributed by atoms with Crippen LogP contribution < -0.4 is 10.6 Å². The smallest absolute Gasteiger partial charge is 0.254 e. The summed E-state index contributed by atoms with van der Waals surface area (Å²) in [6.07, 6.45) is 4.68. The van der Waals surface area contributed by atoms with Crippen LogP contribution in [0.4, 0.5) is 0 Å². The molecular formula is C20H27N3O3. The summed E-state index contributed by atoms with van der Waals surface area (Å²) in [6, 6.07) is 6.99. The number of carbonyl (C=O) groups is 3. The summed E-state index contributed by atoms with van der Waals surface area (Å²) in [5.74, 6) is 0.0982. The summed E-state index contributed by atoms with van der Waals surface area (Å²) in [4.78, 5) is 38.6. The van der Waals surface area contributed by atoms with Gasteiger partial charge in [0.15, 0.2) is 0 Å². The summed E-state index contributed by atoms with van der Waals surface area (Å²) in [5.41, 5.74) is 1.00. The highest BCUT2D eigenvalue weighted by molar-refractivity contribution is 5.99. The maximum atomic E-state index is 12.9. The van der Waals surface area contributed by atoms with Crippen LogP contribution in [-0.4, -0.2) is 48.3 Å². The largest absolute Gasteiger partial charge is 0.355 e. The minimum Gasteiger partial charge on any atom is -0.355 e. The van der Waals surface area contributed by atoms with Gasteiger partial charge in [-0.3, -0.25) is 14.4 Å². The number of carbonyl (C=O) groups excluding carboxylic acids is 3. The number of amides is 3. The second-order valence-corrected chi connectivity index (χ2v) is 7.37. The van der Waals surface area contributed by atoms with E-state index in [0.29, 0.717) is 17.7 Å². The van der Waals surface area contributed by atoms with Crippen LogP contribution in [0, 0.1) is 5.92 Å². The molecule has 2 fully saturated rings. The minimum absolute atomic E-state index is 0.0478. The molecule has 1 saturated heterocycles. The molecule has 1 heterocycles. The van der Waals surface area contributed by atoms with Gasteiger partial charge in [-0.05, 0) is 50.8 Å². The van der Waals surface area contributed by atoms with E-state index in [1.54, 1.807) is 31.3 Å². The Kier molecular flexibility index (Phi) is 5.59. The summed E-state index contributed by atoms with van der Waals surface area (Å²) < 4.78 is 0. The van der Waals surface area contributed by atoms with Crippen molar-refractivity contribution in [3.63, 3.8) is 0 Å². The monoisotopic (exact) mass is 357 g/mol. The van der Waals surface area contributed by atoms with Gasteiger partial charge in [-0.15, -0.1) is 0 Å². The zero-order valence-corrected chi connectivity index (χ0v) is 15.5. The van der Waals surface area contributed by atoms with E-state index < -0.39 is 0 Å². The van der Waals surface area contributed by atoms with Crippen LogP contribution in [0.5, 0.6) is 0 Å². The van der Waals surface area contributed by atoms with Crippen molar-refractivity contribution in [3.05, 3.63) is 35.4 Å². The standard InChI is InChI=1S/C20H27N3O3/c1-13-11-17(22-19(25)14-5-3-6-14)9-10-23(13)20(26)16-8-4-7-15(12-16)18(24)21-2/h4,7-8,12-14,17H,3,5-6,9-11H2,1-2H3,(H,21,24)(H,22,25). The van der Waals surface area contributed by atoms with Crippen LogP contribution in [0.15, 0.2) is 24.3 Å². The lowest BCUT2D eigenvalue weighted by molar-refractivity contribution is -0.128. The highest BCUT2D eigenvalue weighted by Crippen LogP contribution is 2.27. The van der Waals surface area contributed by atoms with Crippen LogP contribution in [-0.2, 0) is 4.79 Å². The van der Waals surface area contributed by atoms with Crippen LogP contribution in [0.1, 0.15) is 59.7 Å². The van der Waals surface area contributed by atoms with Crippen molar-refractivity contribution in [3.8, 4) is 0 Å². The van der Waals surface area contributed by atoms with Crippen molar-refractivity contribution in [1.29, 1.82) is 0 Å². The summed E-state index contributed by atoms with van der Waals surface area (Å²) >= 11 is 0. The SMILES string of the molecule is CNC(=O)c1cccc(C(=O)N2CCC(NC(=O)C3CCC3)CC2C)c1. The minimum atomic E-state index is -0.204. The average Bonchev–Trinajstić information content (AvgIpc) is 2.59. The number of nitrogens with one attached hydrogen (secondary N) is 2. The van der Waals surface area contributed by atoms with Crippen molar-refractivity contribution in [2.75, 3.05) is 13.6 Å². The molecule has 1 aliphatic carbocycles. The fourth-order valence-corrected chi connectivity index (χ4v) is 3.70. The lowest BCUT2D eigenvalue weighted by Crippen LogP contribution is -2.52. The van der Waals surface area contributed by atoms with Crippen LogP contribution in [0.3, 0.4) is 0 Å². The molecule has 2 unspecified atom stereocenters. The third kappa shape index (κ3) is 3.89. The third-order valence-corrected chi connectivity index (χ3v) is 5.56. The number of hydrogen-bond donors (Lipinski definition) is 2. The second kappa shape index (κ2) is 7.89. The van der Waals surface area contributed by atoms with Gasteiger partial charge in [0.05, 0.1) is 0 Å². The van der Waals surface area contributed by atoms with Crippen LogP contribution in [0.2, 0.25) is 0 Å². The van der Waals surface area contributed by atoms with Gasteiger partial charge in [0.25, 0.3) is 11.8 Å². The average molecular weight is 357 g/mol. The van der Waals surface area contributed by atoms with Gasteiger partial charge in [0, 0.05) is 42.7 Å². The number of rotatable bonds is 4. The first-order valence-electron chi connectivity index (χ1n) is 9.43. The van der Waals surface area contributed by atoms with E-state index in [1.807, 2.05) is 11.8 Å². The Hall–Kier alpha value is -2.37. The fourth-order valence-electron chi connectivity index (χ4n) is 3.70. The Morgan fingerprint density at radius 2 is 1.85 bits per heavy atom. The maximum absolute atomic E-state index is 12.9. The Morgan fingerprint density at radius 3 is 2.46 bits per heavy atom. The first kappa shape index (κ1) is 18.4. The molecule has 1 aromatic rings. The number of benzene rings is 1. The van der Waals surface area contributed by atoms with Crippen molar-refractivity contribution in [2.45, 2.75) is 51.1 Å². The van der Waals surface area contributed by atoms with Gasteiger partial charge in [0.1, 0.15) is 0 Å². The molecule has 0 aromatic heterocycles. The molecule has 26 heavy (non-hydrogen) atoms. The van der Waals surface area contributed by atoms with Gasteiger partial charge in [-0.25, -0.2) is 0 Å². The van der Waals surface area contributed by atoms with E-state index >= 15 is 0 Å². The summed E-state index contributed by atoms with van der Waals surface area (Å²) in [6.45, 7) is 2.63. The van der Waals surface area contributed by atoms with E-state index in [1.165, 1.54) is 0 Å². The Balaban J connectivity index is 1.61. The highest BCUT2D eigenvalue weighted by Gasteiger charge is 2.32. The van der Waals surface area contributed by atoms with E-state index in [2.05, 4.69) is 10.6 Å². The number of hydrogen-bond acceptors (Lipinski definition) is 3. The fraction of sp³-hybridized carbons (Fsp3) is 0.550. The molecule has 0 radical (unpaired) electrons. The van der Waals surface area contributed by atoms with E-state index in [-0.39, 0.29) is 35.7 Å². The number of likely N-dealkylation sites (tertiary alicyclic amines) is 1. The van der Waals surface area contributed by atoms with Crippen LogP contribution >= 0.6 is 0 Å². The lowest BCUT2D eigenvalue weighted by atomic mass is 9.84. The van der Waals surface area contributed by atoms with Crippen molar-refractivity contribution >= 4 is 17.7 Å². The summed E-state index contributed by atoms with van der Waals surface area (Å²) in [7, 11) is 1.57. The predicted octanol–water partition coefficient (Wildman–Crippen LogP) is 1.96. The zero-order chi connectivity index (χ0) is 18.7. The Labute approximate surface area is 154 Å². The molecule has 6 heteroatoms. The molecule has 0 bridgehead atoms. The van der Waals surface area contributed by atoms with Gasteiger partial charge < -0.3 is 15.5 Å². The molecule has 0 spiro atoms. The molecule has 3 rings (SSSR count). The summed E-state index contributed by atoms with van der Waals surface area (Å²) in [5, 5.41) is 5.73. The molecule has 2 aliphatic rings. The topological polar surface area (TPSA) is 78.5 Å². The highest BCUT2D eigenvalue weighted by atomic mass is 16.2. The molecule has 1 saturated carbocycles. The quantitative estimate of drug-likeness (QED) is 0.865. The van der Waals surface area contributed by atoms with Gasteiger partial charge >= 0.3 is 0 Å². The van der Waals surface area contributed by atoms with Gasteiger partial charge in [-0.2, -0.15) is 0 Å². The third-order valence-electron chi connectivity index (χ3n) is 5.56. The molecule has 2 atom stereocenters. The van der Waals surface area contributed by atoms with Gasteiger partial charge in [0.2, 0.25) is 5.91 Å². The first-order chi connectivity index (χ1) is 12.5. The predicted molar refractivity (Wildman–Crippen MR) is 98.8 cm³/mol.